The number of anilines is 2. The Morgan fingerprint density at radius 2 is 1.35 bits per heavy atom. The number of aromatic nitrogens is 3. The number of hydrogen-bond donors (Lipinski definition) is 4. The standard InChI is InChI=1S/C13H12N2O2.C6H5N3/c14-11-5-10(6-12(15)7-11)8-1-3-9(4-2-8)13(16)17;1-2-4-6-5(3-1)7-9-8-6/h1-7H,14-15H2,(H,16,17);1-4H,(H,7,8,9). The highest BCUT2D eigenvalue weighted by molar-refractivity contribution is 5.88. The number of para-hydroxylation sites is 2. The molecule has 0 aliphatic heterocycles. The van der Waals surface area contributed by atoms with Gasteiger partial charge in [0.25, 0.3) is 0 Å². The molecule has 1 aromatic heterocycles. The first kappa shape index (κ1) is 17.0. The number of aromatic carboxylic acids is 1. The minimum absolute atomic E-state index is 0.255. The van der Waals surface area contributed by atoms with Gasteiger partial charge in [-0.3, -0.25) is 0 Å². The molecule has 26 heavy (non-hydrogen) atoms. The van der Waals surface area contributed by atoms with Crippen molar-refractivity contribution in [2.75, 3.05) is 11.5 Å². The zero-order valence-corrected chi connectivity index (χ0v) is 13.8. The molecule has 7 nitrogen and oxygen atoms in total. The summed E-state index contributed by atoms with van der Waals surface area (Å²) in [5.41, 5.74) is 16.4. The van der Waals surface area contributed by atoms with Crippen LogP contribution in [0.5, 0.6) is 0 Å². The molecule has 130 valence electrons. The van der Waals surface area contributed by atoms with E-state index in [0.29, 0.717) is 11.4 Å². The third kappa shape index (κ3) is 3.96. The van der Waals surface area contributed by atoms with Crippen molar-refractivity contribution in [2.24, 2.45) is 0 Å². The summed E-state index contributed by atoms with van der Waals surface area (Å²) < 4.78 is 0. The number of carbonyl (C=O) groups is 1. The lowest BCUT2D eigenvalue weighted by atomic mass is 10.0. The second-order valence-corrected chi connectivity index (χ2v) is 5.58. The summed E-state index contributed by atoms with van der Waals surface area (Å²) in [5.74, 6) is -0.941. The molecular formula is C19H17N5O2. The van der Waals surface area contributed by atoms with E-state index in [2.05, 4.69) is 15.4 Å². The minimum atomic E-state index is -0.941. The lowest BCUT2D eigenvalue weighted by Gasteiger charge is -2.05. The number of H-pyrrole nitrogens is 1. The largest absolute Gasteiger partial charge is 0.478 e. The van der Waals surface area contributed by atoms with E-state index >= 15 is 0 Å². The normalized spacial score (nSPS) is 10.2. The van der Waals surface area contributed by atoms with Crippen molar-refractivity contribution in [1.29, 1.82) is 0 Å². The number of fused-ring (bicyclic) bond motifs is 1. The van der Waals surface area contributed by atoms with Crippen LogP contribution in [0.3, 0.4) is 0 Å². The summed E-state index contributed by atoms with van der Waals surface area (Å²) in [4.78, 5) is 10.7. The Morgan fingerprint density at radius 1 is 0.808 bits per heavy atom. The molecule has 0 spiro atoms. The van der Waals surface area contributed by atoms with E-state index in [-0.39, 0.29) is 5.56 Å². The molecule has 4 rings (SSSR count). The van der Waals surface area contributed by atoms with Gasteiger partial charge >= 0.3 is 5.97 Å². The minimum Gasteiger partial charge on any atom is -0.478 e. The molecule has 6 N–H and O–H groups in total. The Kier molecular flexibility index (Phi) is 4.80. The fourth-order valence-electron chi connectivity index (χ4n) is 2.43. The van der Waals surface area contributed by atoms with Gasteiger partial charge in [-0.2, -0.15) is 15.4 Å². The smallest absolute Gasteiger partial charge is 0.335 e. The van der Waals surface area contributed by atoms with Gasteiger partial charge in [0.2, 0.25) is 0 Å². The quantitative estimate of drug-likeness (QED) is 0.412. The Labute approximate surface area is 149 Å². The number of aromatic amines is 1. The Hall–Kier alpha value is -3.87. The summed E-state index contributed by atoms with van der Waals surface area (Å²) in [5, 5.41) is 19.1. The molecule has 0 atom stereocenters. The number of hydrogen-bond acceptors (Lipinski definition) is 5. The first-order valence-electron chi connectivity index (χ1n) is 7.78. The summed E-state index contributed by atoms with van der Waals surface area (Å²) in [6, 6.07) is 19.5. The SMILES string of the molecule is Nc1cc(N)cc(-c2ccc(C(=O)O)cc2)c1.c1ccc2n[nH]nc2c1. The van der Waals surface area contributed by atoms with Crippen LogP contribution in [0.4, 0.5) is 11.4 Å². The molecule has 0 bridgehead atoms. The van der Waals surface area contributed by atoms with Crippen LogP contribution in [0.2, 0.25) is 0 Å². The van der Waals surface area contributed by atoms with Crippen LogP contribution < -0.4 is 11.5 Å². The summed E-state index contributed by atoms with van der Waals surface area (Å²) in [6.07, 6.45) is 0. The highest BCUT2D eigenvalue weighted by atomic mass is 16.4. The predicted molar refractivity (Wildman–Crippen MR) is 102 cm³/mol. The zero-order chi connectivity index (χ0) is 18.5. The summed E-state index contributed by atoms with van der Waals surface area (Å²) in [7, 11) is 0. The topological polar surface area (TPSA) is 131 Å². The molecule has 0 saturated heterocycles. The lowest BCUT2D eigenvalue weighted by molar-refractivity contribution is 0.0697. The van der Waals surface area contributed by atoms with E-state index in [9.17, 15) is 4.79 Å². The van der Waals surface area contributed by atoms with Crippen molar-refractivity contribution in [2.45, 2.75) is 0 Å². The number of rotatable bonds is 2. The van der Waals surface area contributed by atoms with Crippen molar-refractivity contribution >= 4 is 28.4 Å². The molecule has 0 aliphatic rings. The number of nitrogens with two attached hydrogens (primary N) is 2. The molecule has 0 saturated carbocycles. The number of carboxylic acid groups (broad SMARTS) is 1. The average Bonchev–Trinajstić information content (AvgIpc) is 3.10. The van der Waals surface area contributed by atoms with E-state index in [0.717, 1.165) is 22.2 Å². The third-order valence-electron chi connectivity index (χ3n) is 3.67. The van der Waals surface area contributed by atoms with Gasteiger partial charge < -0.3 is 16.6 Å². The van der Waals surface area contributed by atoms with Crippen molar-refractivity contribution in [3.05, 3.63) is 72.3 Å². The fraction of sp³-hybridized carbons (Fsp3) is 0. The van der Waals surface area contributed by atoms with Crippen LogP contribution in [-0.4, -0.2) is 26.5 Å². The van der Waals surface area contributed by atoms with Crippen LogP contribution >= 0.6 is 0 Å². The first-order valence-corrected chi connectivity index (χ1v) is 7.78. The summed E-state index contributed by atoms with van der Waals surface area (Å²) in [6.45, 7) is 0. The fourth-order valence-corrected chi connectivity index (χ4v) is 2.43. The average molecular weight is 347 g/mol. The van der Waals surface area contributed by atoms with Crippen LogP contribution in [-0.2, 0) is 0 Å². The van der Waals surface area contributed by atoms with Gasteiger partial charge in [-0.05, 0) is 53.6 Å². The van der Waals surface area contributed by atoms with Crippen LogP contribution in [0.25, 0.3) is 22.2 Å². The Morgan fingerprint density at radius 3 is 1.85 bits per heavy atom. The maximum atomic E-state index is 10.7. The second kappa shape index (κ2) is 7.35. The molecule has 7 heteroatoms. The highest BCUT2D eigenvalue weighted by Gasteiger charge is 2.04. The van der Waals surface area contributed by atoms with Crippen molar-refractivity contribution in [1.82, 2.24) is 15.4 Å². The monoisotopic (exact) mass is 347 g/mol. The molecule has 4 aromatic rings. The van der Waals surface area contributed by atoms with E-state index in [1.165, 1.54) is 0 Å². The Balaban J connectivity index is 0.000000181. The second-order valence-electron chi connectivity index (χ2n) is 5.58. The van der Waals surface area contributed by atoms with Gasteiger partial charge in [0.15, 0.2) is 0 Å². The molecule has 0 aliphatic carbocycles. The van der Waals surface area contributed by atoms with Crippen molar-refractivity contribution in [3.63, 3.8) is 0 Å². The molecule has 1 heterocycles. The molecule has 0 amide bonds. The maximum absolute atomic E-state index is 10.7. The maximum Gasteiger partial charge on any atom is 0.335 e. The van der Waals surface area contributed by atoms with E-state index in [4.69, 9.17) is 16.6 Å². The van der Waals surface area contributed by atoms with Crippen molar-refractivity contribution in [3.8, 4) is 11.1 Å². The van der Waals surface area contributed by atoms with Gasteiger partial charge in [-0.25, -0.2) is 4.79 Å². The third-order valence-corrected chi connectivity index (χ3v) is 3.67. The molecule has 0 radical (unpaired) electrons. The van der Waals surface area contributed by atoms with Crippen molar-refractivity contribution < 1.29 is 9.90 Å². The molecule has 0 unspecified atom stereocenters. The Bertz CT molecular complexity index is 991. The van der Waals surface area contributed by atoms with Crippen LogP contribution in [0.1, 0.15) is 10.4 Å². The molecular weight excluding hydrogens is 330 g/mol. The van der Waals surface area contributed by atoms with Gasteiger partial charge in [-0.15, -0.1) is 0 Å². The number of nitrogens with zero attached hydrogens (tertiary/aromatic N) is 2. The lowest BCUT2D eigenvalue weighted by Crippen LogP contribution is -1.95. The van der Waals surface area contributed by atoms with E-state index in [1.807, 2.05) is 24.3 Å². The molecule has 0 fully saturated rings. The van der Waals surface area contributed by atoms with Crippen LogP contribution in [0, 0.1) is 0 Å². The van der Waals surface area contributed by atoms with Gasteiger partial charge in [-0.1, -0.05) is 24.3 Å². The van der Waals surface area contributed by atoms with Gasteiger partial charge in [0.1, 0.15) is 11.0 Å². The first-order chi connectivity index (χ1) is 12.5. The molecule has 3 aromatic carbocycles. The number of nitrogen functional groups attached to an aromatic ring is 2. The summed E-state index contributed by atoms with van der Waals surface area (Å²) >= 11 is 0. The predicted octanol–water partition coefficient (Wildman–Crippen LogP) is 3.17. The zero-order valence-electron chi connectivity index (χ0n) is 13.8. The number of carboxylic acids is 1. The van der Waals surface area contributed by atoms with Crippen LogP contribution in [0.15, 0.2) is 66.7 Å². The van der Waals surface area contributed by atoms with Gasteiger partial charge in [0, 0.05) is 11.4 Å². The van der Waals surface area contributed by atoms with E-state index in [1.54, 1.807) is 42.5 Å². The van der Waals surface area contributed by atoms with Gasteiger partial charge in [0.05, 0.1) is 5.56 Å². The van der Waals surface area contributed by atoms with E-state index < -0.39 is 5.97 Å². The number of nitrogens with one attached hydrogen (secondary N) is 1. The number of benzene rings is 3. The highest BCUT2D eigenvalue weighted by Crippen LogP contribution is 2.25.